The molecule has 1 aliphatic rings. The van der Waals surface area contributed by atoms with E-state index in [4.69, 9.17) is 0 Å². The number of nitrogens with zero attached hydrogens (tertiary/aromatic N) is 1. The predicted molar refractivity (Wildman–Crippen MR) is 73.8 cm³/mol. The maximum Gasteiger partial charge on any atom is 0.237 e. The van der Waals surface area contributed by atoms with Gasteiger partial charge in [-0.15, -0.1) is 0 Å². The number of amides is 1. The summed E-state index contributed by atoms with van der Waals surface area (Å²) in [5, 5.41) is 2.84. The summed E-state index contributed by atoms with van der Waals surface area (Å²) in [4.78, 5) is 25.8. The fourth-order valence-electron chi connectivity index (χ4n) is 2.50. The average molecular weight is 260 g/mol. The quantitative estimate of drug-likeness (QED) is 0.859. The van der Waals surface area contributed by atoms with E-state index in [1.807, 2.05) is 42.2 Å². The molecule has 19 heavy (non-hydrogen) atoms. The van der Waals surface area contributed by atoms with Crippen molar-refractivity contribution in [3.63, 3.8) is 0 Å². The van der Waals surface area contributed by atoms with Crippen LogP contribution in [0.5, 0.6) is 0 Å². The van der Waals surface area contributed by atoms with Gasteiger partial charge in [0, 0.05) is 19.5 Å². The summed E-state index contributed by atoms with van der Waals surface area (Å²) in [6.07, 6.45) is 1.18. The van der Waals surface area contributed by atoms with Crippen LogP contribution < -0.4 is 5.32 Å². The van der Waals surface area contributed by atoms with Gasteiger partial charge in [-0.2, -0.15) is 0 Å². The van der Waals surface area contributed by atoms with Gasteiger partial charge < -0.3 is 5.32 Å². The zero-order valence-corrected chi connectivity index (χ0v) is 11.3. The Morgan fingerprint density at radius 1 is 1.37 bits per heavy atom. The molecular formula is C15H20N2O2. The summed E-state index contributed by atoms with van der Waals surface area (Å²) in [5.74, 6) is 0.209. The Morgan fingerprint density at radius 2 is 2.11 bits per heavy atom. The average Bonchev–Trinajstić information content (AvgIpc) is 2.40. The van der Waals surface area contributed by atoms with Crippen LogP contribution in [-0.2, 0) is 16.0 Å². The normalized spacial score (nSPS) is 20.1. The van der Waals surface area contributed by atoms with Gasteiger partial charge in [0.2, 0.25) is 5.91 Å². The van der Waals surface area contributed by atoms with Gasteiger partial charge in [-0.05, 0) is 12.0 Å². The molecule has 1 fully saturated rings. The third-order valence-corrected chi connectivity index (χ3v) is 3.45. The first-order chi connectivity index (χ1) is 9.20. The van der Waals surface area contributed by atoms with Crippen LogP contribution in [0.3, 0.4) is 0 Å². The summed E-state index contributed by atoms with van der Waals surface area (Å²) in [7, 11) is 0. The van der Waals surface area contributed by atoms with Crippen LogP contribution >= 0.6 is 0 Å². The molecule has 1 heterocycles. The Morgan fingerprint density at radius 3 is 2.79 bits per heavy atom. The van der Waals surface area contributed by atoms with E-state index >= 15 is 0 Å². The molecule has 0 radical (unpaired) electrons. The summed E-state index contributed by atoms with van der Waals surface area (Å²) < 4.78 is 0. The largest absolute Gasteiger partial charge is 0.353 e. The number of hydrogen-bond acceptors (Lipinski definition) is 3. The number of carbonyl (C=O) groups excluding carboxylic acids is 2. The second-order valence-electron chi connectivity index (χ2n) is 4.89. The standard InChI is InChI=1S/C15H20N2O2/c1-2-14-15(19)16-8-9-17(14)11-13(18)10-12-6-4-3-5-7-12/h3-7,14H,2,8-11H2,1H3,(H,16,19). The van der Waals surface area contributed by atoms with Crippen molar-refractivity contribution in [1.82, 2.24) is 10.2 Å². The highest BCUT2D eigenvalue weighted by atomic mass is 16.2. The molecule has 0 bridgehead atoms. The van der Waals surface area contributed by atoms with Gasteiger partial charge in [-0.1, -0.05) is 37.3 Å². The molecule has 1 saturated heterocycles. The highest BCUT2D eigenvalue weighted by molar-refractivity contribution is 5.86. The molecule has 1 aromatic rings. The maximum absolute atomic E-state index is 12.1. The molecule has 2 rings (SSSR count). The van der Waals surface area contributed by atoms with Crippen molar-refractivity contribution in [1.29, 1.82) is 0 Å². The van der Waals surface area contributed by atoms with E-state index in [0.717, 1.165) is 18.5 Å². The van der Waals surface area contributed by atoms with Gasteiger partial charge in [0.15, 0.2) is 5.78 Å². The van der Waals surface area contributed by atoms with Gasteiger partial charge in [-0.3, -0.25) is 14.5 Å². The van der Waals surface area contributed by atoms with E-state index in [9.17, 15) is 9.59 Å². The highest BCUT2D eigenvalue weighted by Gasteiger charge is 2.28. The molecule has 1 aromatic carbocycles. The fourth-order valence-corrected chi connectivity index (χ4v) is 2.50. The number of hydrogen-bond donors (Lipinski definition) is 1. The minimum Gasteiger partial charge on any atom is -0.353 e. The Bertz CT molecular complexity index is 445. The van der Waals surface area contributed by atoms with Crippen molar-refractivity contribution in [3.05, 3.63) is 35.9 Å². The highest BCUT2D eigenvalue weighted by Crippen LogP contribution is 2.09. The number of carbonyl (C=O) groups is 2. The molecule has 0 aromatic heterocycles. The summed E-state index contributed by atoms with van der Waals surface area (Å²) >= 11 is 0. The van der Waals surface area contributed by atoms with Crippen LogP contribution in [0, 0.1) is 0 Å². The lowest BCUT2D eigenvalue weighted by Crippen LogP contribution is -2.56. The monoisotopic (exact) mass is 260 g/mol. The molecule has 1 atom stereocenters. The van der Waals surface area contributed by atoms with Crippen molar-refractivity contribution >= 4 is 11.7 Å². The molecule has 1 unspecified atom stereocenters. The van der Waals surface area contributed by atoms with E-state index in [2.05, 4.69) is 5.32 Å². The number of Topliss-reactive ketones (excluding diaryl/α,β-unsaturated/α-hetero) is 1. The number of ketones is 1. The van der Waals surface area contributed by atoms with Crippen molar-refractivity contribution in [3.8, 4) is 0 Å². The van der Waals surface area contributed by atoms with E-state index in [1.165, 1.54) is 0 Å². The molecule has 102 valence electrons. The smallest absolute Gasteiger partial charge is 0.237 e. The lowest BCUT2D eigenvalue weighted by Gasteiger charge is -2.33. The fraction of sp³-hybridized carbons (Fsp3) is 0.467. The van der Waals surface area contributed by atoms with Crippen molar-refractivity contribution in [2.45, 2.75) is 25.8 Å². The Balaban J connectivity index is 1.92. The molecule has 1 N–H and O–H groups in total. The lowest BCUT2D eigenvalue weighted by molar-refractivity contribution is -0.131. The summed E-state index contributed by atoms with van der Waals surface area (Å²) in [5.41, 5.74) is 1.03. The first kappa shape index (κ1) is 13.7. The van der Waals surface area contributed by atoms with E-state index < -0.39 is 0 Å². The summed E-state index contributed by atoms with van der Waals surface area (Å²) in [6.45, 7) is 3.73. The van der Waals surface area contributed by atoms with Crippen molar-refractivity contribution in [2.75, 3.05) is 19.6 Å². The number of piperazine rings is 1. The molecule has 0 saturated carbocycles. The lowest BCUT2D eigenvalue weighted by atomic mass is 10.1. The number of benzene rings is 1. The second-order valence-corrected chi connectivity index (χ2v) is 4.89. The zero-order valence-electron chi connectivity index (χ0n) is 11.3. The van der Waals surface area contributed by atoms with Crippen molar-refractivity contribution < 1.29 is 9.59 Å². The van der Waals surface area contributed by atoms with Crippen molar-refractivity contribution in [2.24, 2.45) is 0 Å². The topological polar surface area (TPSA) is 49.4 Å². The Labute approximate surface area is 113 Å². The molecule has 4 heteroatoms. The molecular weight excluding hydrogens is 240 g/mol. The Hall–Kier alpha value is -1.68. The molecule has 0 spiro atoms. The number of rotatable bonds is 5. The van der Waals surface area contributed by atoms with Crippen LogP contribution in [-0.4, -0.2) is 42.3 Å². The third kappa shape index (κ3) is 3.64. The van der Waals surface area contributed by atoms with E-state index in [0.29, 0.717) is 19.5 Å². The van der Waals surface area contributed by atoms with Crippen LogP contribution in [0.2, 0.25) is 0 Å². The number of nitrogens with one attached hydrogen (secondary N) is 1. The SMILES string of the molecule is CCC1C(=O)NCCN1CC(=O)Cc1ccccc1. The van der Waals surface area contributed by atoms with E-state index in [-0.39, 0.29) is 17.7 Å². The molecule has 1 aliphatic heterocycles. The molecule has 4 nitrogen and oxygen atoms in total. The van der Waals surface area contributed by atoms with Crippen LogP contribution in [0.15, 0.2) is 30.3 Å². The van der Waals surface area contributed by atoms with Gasteiger partial charge in [0.1, 0.15) is 0 Å². The van der Waals surface area contributed by atoms with Gasteiger partial charge >= 0.3 is 0 Å². The minimum atomic E-state index is -0.159. The molecule has 1 amide bonds. The first-order valence-electron chi connectivity index (χ1n) is 6.78. The first-order valence-corrected chi connectivity index (χ1v) is 6.78. The minimum absolute atomic E-state index is 0.0428. The predicted octanol–water partition coefficient (Wildman–Crippen LogP) is 1.01. The van der Waals surface area contributed by atoms with Gasteiger partial charge in [-0.25, -0.2) is 0 Å². The van der Waals surface area contributed by atoms with Crippen LogP contribution in [0.1, 0.15) is 18.9 Å². The van der Waals surface area contributed by atoms with Gasteiger partial charge in [0.05, 0.1) is 12.6 Å². The maximum atomic E-state index is 12.1. The second kappa shape index (κ2) is 6.48. The summed E-state index contributed by atoms with van der Waals surface area (Å²) in [6, 6.07) is 9.57. The van der Waals surface area contributed by atoms with E-state index in [1.54, 1.807) is 0 Å². The Kier molecular flexibility index (Phi) is 4.68. The molecule has 0 aliphatic carbocycles. The van der Waals surface area contributed by atoms with Crippen LogP contribution in [0.25, 0.3) is 0 Å². The third-order valence-electron chi connectivity index (χ3n) is 3.45. The van der Waals surface area contributed by atoms with Crippen LogP contribution in [0.4, 0.5) is 0 Å². The van der Waals surface area contributed by atoms with Gasteiger partial charge in [0.25, 0.3) is 0 Å². The zero-order chi connectivity index (χ0) is 13.7.